The summed E-state index contributed by atoms with van der Waals surface area (Å²) in [6, 6.07) is 19.1. The van der Waals surface area contributed by atoms with Crippen molar-refractivity contribution >= 4 is 10.9 Å². The number of hydrogen-bond donors (Lipinski definition) is 1. The molecule has 0 fully saturated rings. The minimum Gasteiger partial charge on any atom is -0.489 e. The predicted octanol–water partition coefficient (Wildman–Crippen LogP) is 4.95. The molecule has 1 N–H and O–H groups in total. The number of ether oxygens (including phenoxy) is 1. The van der Waals surface area contributed by atoms with E-state index in [9.17, 15) is 0 Å². The lowest BCUT2D eigenvalue weighted by atomic mass is 10.1. The maximum absolute atomic E-state index is 5.93. The first-order chi connectivity index (χ1) is 12.7. The van der Waals surface area contributed by atoms with Gasteiger partial charge in [-0.15, -0.1) is 5.73 Å². The molecule has 0 amide bonds. The summed E-state index contributed by atoms with van der Waals surface area (Å²) in [4.78, 5) is 5.81. The zero-order valence-electron chi connectivity index (χ0n) is 15.5. The lowest BCUT2D eigenvalue weighted by Crippen LogP contribution is -2.31. The molecule has 0 aliphatic carbocycles. The van der Waals surface area contributed by atoms with Gasteiger partial charge in [-0.05, 0) is 49.9 Å². The van der Waals surface area contributed by atoms with E-state index in [1.807, 2.05) is 30.3 Å². The largest absolute Gasteiger partial charge is 0.489 e. The van der Waals surface area contributed by atoms with Crippen molar-refractivity contribution in [3.05, 3.63) is 84.2 Å². The van der Waals surface area contributed by atoms with Crippen molar-refractivity contribution in [2.75, 3.05) is 13.6 Å². The van der Waals surface area contributed by atoms with Gasteiger partial charge < -0.3 is 9.72 Å². The smallest absolute Gasteiger partial charge is 0.120 e. The molecular weight excluding hydrogens is 320 g/mol. The summed E-state index contributed by atoms with van der Waals surface area (Å²) in [7, 11) is 2.12. The van der Waals surface area contributed by atoms with Crippen LogP contribution in [0.1, 0.15) is 18.2 Å². The van der Waals surface area contributed by atoms with E-state index < -0.39 is 0 Å². The molecule has 1 atom stereocenters. The first-order valence-corrected chi connectivity index (χ1v) is 8.98. The first kappa shape index (κ1) is 18.1. The van der Waals surface area contributed by atoms with E-state index in [4.69, 9.17) is 4.74 Å². The minimum atomic E-state index is 0.432. The molecule has 1 aromatic heterocycles. The van der Waals surface area contributed by atoms with Crippen molar-refractivity contribution in [1.29, 1.82) is 0 Å². The van der Waals surface area contributed by atoms with Crippen LogP contribution in [0, 0.1) is 0 Å². The molecule has 0 aliphatic heterocycles. The van der Waals surface area contributed by atoms with Crippen LogP contribution < -0.4 is 4.74 Å². The van der Waals surface area contributed by atoms with E-state index in [-0.39, 0.29) is 0 Å². The minimum absolute atomic E-state index is 0.432. The van der Waals surface area contributed by atoms with Gasteiger partial charge in [-0.1, -0.05) is 36.9 Å². The summed E-state index contributed by atoms with van der Waals surface area (Å²) < 4.78 is 5.93. The zero-order valence-corrected chi connectivity index (χ0v) is 15.5. The fraction of sp³-hybridized carbons (Fsp3) is 0.261. The standard InChI is InChI=1S/C23H26N2O/c1-4-5-13-25(3)18(2)14-21-15-20-16-22(11-12-23(20)24-21)26-17-19-9-7-6-8-10-19/h5-12,15-16,18,24H,1,13-14,17H2,2-3H3. The molecular formula is C23H26N2O. The van der Waals surface area contributed by atoms with Gasteiger partial charge in [-0.2, -0.15) is 0 Å². The fourth-order valence-corrected chi connectivity index (χ4v) is 2.97. The molecule has 0 saturated heterocycles. The maximum Gasteiger partial charge on any atom is 0.120 e. The number of rotatable bonds is 8. The number of aromatic nitrogens is 1. The third-order valence-electron chi connectivity index (χ3n) is 4.69. The Balaban J connectivity index is 1.66. The van der Waals surface area contributed by atoms with Gasteiger partial charge in [0, 0.05) is 35.6 Å². The lowest BCUT2D eigenvalue weighted by Gasteiger charge is -2.22. The monoisotopic (exact) mass is 346 g/mol. The zero-order chi connectivity index (χ0) is 18.4. The van der Waals surface area contributed by atoms with E-state index in [2.05, 4.69) is 66.5 Å². The second kappa shape index (κ2) is 8.57. The van der Waals surface area contributed by atoms with Crippen LogP contribution in [0.3, 0.4) is 0 Å². The van der Waals surface area contributed by atoms with E-state index in [1.165, 1.54) is 16.6 Å². The Labute approximate surface area is 155 Å². The van der Waals surface area contributed by atoms with Crippen molar-refractivity contribution in [3.8, 4) is 5.75 Å². The van der Waals surface area contributed by atoms with E-state index in [1.54, 1.807) is 0 Å². The number of nitrogens with zero attached hydrogens (tertiary/aromatic N) is 1. The molecule has 0 radical (unpaired) electrons. The quantitative estimate of drug-likeness (QED) is 0.585. The molecule has 3 heteroatoms. The van der Waals surface area contributed by atoms with Crippen molar-refractivity contribution < 1.29 is 4.74 Å². The second-order valence-electron chi connectivity index (χ2n) is 6.72. The molecule has 134 valence electrons. The molecule has 0 aliphatic rings. The number of aromatic amines is 1. The van der Waals surface area contributed by atoms with E-state index >= 15 is 0 Å². The van der Waals surface area contributed by atoms with Crippen molar-refractivity contribution in [3.63, 3.8) is 0 Å². The van der Waals surface area contributed by atoms with Gasteiger partial charge in [0.2, 0.25) is 0 Å². The molecule has 3 nitrogen and oxygen atoms in total. The Kier molecular flexibility index (Phi) is 5.96. The molecule has 0 saturated carbocycles. The molecule has 2 aromatic carbocycles. The van der Waals surface area contributed by atoms with Crippen molar-refractivity contribution in [1.82, 2.24) is 9.88 Å². The van der Waals surface area contributed by atoms with Gasteiger partial charge in [0.15, 0.2) is 0 Å². The molecule has 0 spiro atoms. The highest BCUT2D eigenvalue weighted by molar-refractivity contribution is 5.81. The van der Waals surface area contributed by atoms with Gasteiger partial charge >= 0.3 is 0 Å². The SMILES string of the molecule is C=C=CCN(C)C(C)Cc1cc2cc(OCc3ccccc3)ccc2[nH]1. The second-order valence-corrected chi connectivity index (χ2v) is 6.72. The van der Waals surface area contributed by atoms with Crippen molar-refractivity contribution in [2.45, 2.75) is 26.0 Å². The molecule has 3 aromatic rings. The van der Waals surface area contributed by atoms with E-state index in [0.717, 1.165) is 24.2 Å². The Hall–Kier alpha value is -2.74. The molecule has 3 rings (SSSR count). The van der Waals surface area contributed by atoms with Crippen LogP contribution in [-0.4, -0.2) is 29.5 Å². The van der Waals surface area contributed by atoms with Gasteiger partial charge in [0.05, 0.1) is 0 Å². The number of benzene rings is 2. The highest BCUT2D eigenvalue weighted by atomic mass is 16.5. The van der Waals surface area contributed by atoms with Crippen molar-refractivity contribution in [2.24, 2.45) is 0 Å². The third-order valence-corrected chi connectivity index (χ3v) is 4.69. The molecule has 26 heavy (non-hydrogen) atoms. The topological polar surface area (TPSA) is 28.3 Å². The van der Waals surface area contributed by atoms with Gasteiger partial charge in [0.1, 0.15) is 12.4 Å². The number of hydrogen-bond acceptors (Lipinski definition) is 2. The lowest BCUT2D eigenvalue weighted by molar-refractivity contribution is 0.282. The molecule has 0 bridgehead atoms. The highest BCUT2D eigenvalue weighted by Gasteiger charge is 2.11. The summed E-state index contributed by atoms with van der Waals surface area (Å²) in [6.07, 6.45) is 2.93. The highest BCUT2D eigenvalue weighted by Crippen LogP contribution is 2.23. The first-order valence-electron chi connectivity index (χ1n) is 8.98. The summed E-state index contributed by atoms with van der Waals surface area (Å²) in [5, 5.41) is 1.19. The number of likely N-dealkylation sites (N-methyl/N-ethyl adjacent to an activating group) is 1. The Morgan fingerprint density at radius 3 is 2.77 bits per heavy atom. The van der Waals surface area contributed by atoms with Crippen LogP contribution >= 0.6 is 0 Å². The van der Waals surface area contributed by atoms with Crippen LogP contribution in [0.15, 0.2) is 73.0 Å². The molecule has 1 heterocycles. The number of fused-ring (bicyclic) bond motifs is 1. The van der Waals surface area contributed by atoms with Crippen LogP contribution in [0.5, 0.6) is 5.75 Å². The maximum atomic E-state index is 5.93. The number of H-pyrrole nitrogens is 1. The predicted molar refractivity (Wildman–Crippen MR) is 109 cm³/mol. The fourth-order valence-electron chi connectivity index (χ4n) is 2.97. The van der Waals surface area contributed by atoms with E-state index in [0.29, 0.717) is 12.6 Å². The van der Waals surface area contributed by atoms with Crippen LogP contribution in [-0.2, 0) is 13.0 Å². The Morgan fingerprint density at radius 2 is 2.00 bits per heavy atom. The average molecular weight is 346 g/mol. The van der Waals surface area contributed by atoms with Crippen LogP contribution in [0.25, 0.3) is 10.9 Å². The van der Waals surface area contributed by atoms with Crippen LogP contribution in [0.2, 0.25) is 0 Å². The summed E-state index contributed by atoms with van der Waals surface area (Å²) in [5.41, 5.74) is 6.39. The summed E-state index contributed by atoms with van der Waals surface area (Å²) >= 11 is 0. The summed E-state index contributed by atoms with van der Waals surface area (Å²) in [5.74, 6) is 0.896. The van der Waals surface area contributed by atoms with Gasteiger partial charge in [-0.25, -0.2) is 0 Å². The molecule has 1 unspecified atom stereocenters. The summed E-state index contributed by atoms with van der Waals surface area (Å²) in [6.45, 7) is 7.30. The van der Waals surface area contributed by atoms with Crippen LogP contribution in [0.4, 0.5) is 0 Å². The van der Waals surface area contributed by atoms with Gasteiger partial charge in [0.25, 0.3) is 0 Å². The Morgan fingerprint density at radius 1 is 1.19 bits per heavy atom. The Bertz CT molecular complexity index is 891. The van der Waals surface area contributed by atoms with Gasteiger partial charge in [-0.3, -0.25) is 4.90 Å². The normalized spacial score (nSPS) is 12.1. The average Bonchev–Trinajstić information content (AvgIpc) is 3.06. The third kappa shape index (κ3) is 4.66. The number of nitrogens with one attached hydrogen (secondary N) is 1.